The van der Waals surface area contributed by atoms with Crippen molar-refractivity contribution >= 4 is 0 Å². The van der Waals surface area contributed by atoms with E-state index in [-0.39, 0.29) is 11.9 Å². The van der Waals surface area contributed by atoms with Crippen molar-refractivity contribution in [3.8, 4) is 0 Å². The van der Waals surface area contributed by atoms with E-state index >= 15 is 0 Å². The number of benzene rings is 3. The Kier molecular flexibility index (Phi) is 4.71. The van der Waals surface area contributed by atoms with Crippen molar-refractivity contribution in [1.29, 1.82) is 0 Å². The Bertz CT molecular complexity index is 896. The molecule has 3 heteroatoms. The summed E-state index contributed by atoms with van der Waals surface area (Å²) in [6, 6.07) is 27.8. The van der Waals surface area contributed by atoms with Crippen LogP contribution in [0.25, 0.3) is 0 Å². The minimum absolute atomic E-state index is 0.0511. The van der Waals surface area contributed by atoms with Gasteiger partial charge in [0.2, 0.25) is 0 Å². The normalized spacial score (nSPS) is 18.1. The molecule has 0 spiro atoms. The molecule has 3 aromatic rings. The maximum Gasteiger partial charge on any atom is 0.127 e. The molecule has 0 aliphatic carbocycles. The quantitative estimate of drug-likeness (QED) is 0.657. The lowest BCUT2D eigenvalue weighted by Crippen LogP contribution is -2.60. The largest absolute Gasteiger partial charge is 0.293 e. The highest BCUT2D eigenvalue weighted by atomic mass is 19.1. The van der Waals surface area contributed by atoms with Crippen LogP contribution >= 0.6 is 0 Å². The van der Waals surface area contributed by atoms with Crippen molar-refractivity contribution in [3.63, 3.8) is 0 Å². The Morgan fingerprint density at radius 1 is 0.786 bits per heavy atom. The van der Waals surface area contributed by atoms with E-state index in [1.807, 2.05) is 6.07 Å². The summed E-state index contributed by atoms with van der Waals surface area (Å²) in [5, 5.41) is 0. The van der Waals surface area contributed by atoms with Gasteiger partial charge in [-0.2, -0.15) is 0 Å². The molecule has 0 unspecified atom stereocenters. The Balaban J connectivity index is 1.33. The van der Waals surface area contributed by atoms with Crippen LogP contribution in [-0.4, -0.2) is 35.5 Å². The first-order chi connectivity index (χ1) is 13.8. The third-order valence-corrected chi connectivity index (χ3v) is 6.25. The second-order valence-electron chi connectivity index (χ2n) is 7.93. The van der Waals surface area contributed by atoms with Gasteiger partial charge in [-0.25, -0.2) is 4.39 Å². The molecule has 0 bridgehead atoms. The van der Waals surface area contributed by atoms with Crippen LogP contribution in [-0.2, 0) is 13.0 Å². The van der Waals surface area contributed by atoms with Gasteiger partial charge in [0, 0.05) is 37.8 Å². The first-order valence-electron chi connectivity index (χ1n) is 10.1. The molecule has 5 rings (SSSR count). The maximum atomic E-state index is 14.2. The smallest absolute Gasteiger partial charge is 0.127 e. The van der Waals surface area contributed by atoms with Crippen LogP contribution in [0.5, 0.6) is 0 Å². The predicted molar refractivity (Wildman–Crippen MR) is 111 cm³/mol. The van der Waals surface area contributed by atoms with Crippen molar-refractivity contribution < 1.29 is 4.39 Å². The average Bonchev–Trinajstić information content (AvgIpc) is 2.72. The van der Waals surface area contributed by atoms with E-state index in [1.54, 1.807) is 6.07 Å². The molecule has 2 nitrogen and oxygen atoms in total. The molecule has 0 amide bonds. The fourth-order valence-electron chi connectivity index (χ4n) is 4.69. The summed E-state index contributed by atoms with van der Waals surface area (Å²) in [4.78, 5) is 5.02. The highest BCUT2D eigenvalue weighted by Gasteiger charge is 2.38. The molecule has 2 aliphatic heterocycles. The van der Waals surface area contributed by atoms with E-state index in [2.05, 4.69) is 76.5 Å². The zero-order valence-electron chi connectivity index (χ0n) is 16.0. The van der Waals surface area contributed by atoms with Crippen molar-refractivity contribution in [2.45, 2.75) is 25.0 Å². The highest BCUT2D eigenvalue weighted by molar-refractivity contribution is 5.33. The number of likely N-dealkylation sites (tertiary alicyclic amines) is 1. The molecule has 0 saturated carbocycles. The highest BCUT2D eigenvalue weighted by Crippen LogP contribution is 2.35. The molecule has 3 aromatic carbocycles. The van der Waals surface area contributed by atoms with E-state index in [0.717, 1.165) is 38.2 Å². The Morgan fingerprint density at radius 2 is 1.43 bits per heavy atom. The number of hydrogen-bond donors (Lipinski definition) is 0. The van der Waals surface area contributed by atoms with E-state index in [1.165, 1.54) is 16.7 Å². The lowest BCUT2D eigenvalue weighted by atomic mass is 9.91. The predicted octanol–water partition coefficient (Wildman–Crippen LogP) is 4.66. The van der Waals surface area contributed by atoms with Crippen molar-refractivity contribution in [2.24, 2.45) is 0 Å². The third-order valence-electron chi connectivity index (χ3n) is 6.25. The SMILES string of the molecule is Fc1cccc2c1CN(C1CN(C(c3ccccc3)c3ccccc3)C1)CC2. The minimum Gasteiger partial charge on any atom is -0.293 e. The molecule has 0 radical (unpaired) electrons. The molecular formula is C25H25FN2. The van der Waals surface area contributed by atoms with Crippen molar-refractivity contribution in [3.05, 3.63) is 107 Å². The van der Waals surface area contributed by atoms with Crippen LogP contribution in [0.15, 0.2) is 78.9 Å². The first kappa shape index (κ1) is 17.6. The number of rotatable bonds is 4. The van der Waals surface area contributed by atoms with Gasteiger partial charge in [0.15, 0.2) is 0 Å². The van der Waals surface area contributed by atoms with Gasteiger partial charge in [-0.1, -0.05) is 72.8 Å². The summed E-state index contributed by atoms with van der Waals surface area (Å²) < 4.78 is 14.2. The van der Waals surface area contributed by atoms with E-state index in [9.17, 15) is 4.39 Å². The topological polar surface area (TPSA) is 6.48 Å². The molecule has 1 fully saturated rings. The molecular weight excluding hydrogens is 347 g/mol. The Morgan fingerprint density at radius 3 is 2.07 bits per heavy atom. The van der Waals surface area contributed by atoms with Gasteiger partial charge in [0.1, 0.15) is 5.82 Å². The lowest BCUT2D eigenvalue weighted by molar-refractivity contribution is 0.00668. The van der Waals surface area contributed by atoms with Crippen molar-refractivity contribution in [1.82, 2.24) is 9.80 Å². The zero-order chi connectivity index (χ0) is 18.9. The zero-order valence-corrected chi connectivity index (χ0v) is 16.0. The second-order valence-corrected chi connectivity index (χ2v) is 7.93. The minimum atomic E-state index is -0.0511. The standard InChI is InChI=1S/C25H25FN2/c26-24-13-7-12-19-14-15-27(18-23(19)24)22-16-28(17-22)25(20-8-3-1-4-9-20)21-10-5-2-6-11-21/h1-13,22,25H,14-18H2. The molecule has 28 heavy (non-hydrogen) atoms. The number of nitrogens with zero attached hydrogens (tertiary/aromatic N) is 2. The Hall–Kier alpha value is -2.49. The summed E-state index contributed by atoms with van der Waals surface area (Å²) in [5.74, 6) is -0.0511. The van der Waals surface area contributed by atoms with Crippen LogP contribution < -0.4 is 0 Å². The van der Waals surface area contributed by atoms with Crippen LogP contribution in [0.4, 0.5) is 4.39 Å². The van der Waals surface area contributed by atoms with E-state index in [0.29, 0.717) is 6.04 Å². The van der Waals surface area contributed by atoms with Crippen molar-refractivity contribution in [2.75, 3.05) is 19.6 Å². The molecule has 1 saturated heterocycles. The first-order valence-corrected chi connectivity index (χ1v) is 10.1. The fourth-order valence-corrected chi connectivity index (χ4v) is 4.69. The van der Waals surface area contributed by atoms with E-state index in [4.69, 9.17) is 0 Å². The van der Waals surface area contributed by atoms with Gasteiger partial charge in [-0.05, 0) is 29.2 Å². The summed E-state index contributed by atoms with van der Waals surface area (Å²) in [6.07, 6.45) is 0.949. The number of halogens is 1. The molecule has 0 N–H and O–H groups in total. The third kappa shape index (κ3) is 3.25. The lowest BCUT2D eigenvalue weighted by Gasteiger charge is -2.50. The van der Waals surface area contributed by atoms with Gasteiger partial charge in [0.25, 0.3) is 0 Å². The monoisotopic (exact) mass is 372 g/mol. The summed E-state index contributed by atoms with van der Waals surface area (Å²) in [7, 11) is 0. The summed E-state index contributed by atoms with van der Waals surface area (Å²) in [6.45, 7) is 3.81. The summed E-state index contributed by atoms with van der Waals surface area (Å²) in [5.41, 5.74) is 4.75. The van der Waals surface area contributed by atoms with Crippen LogP contribution in [0.3, 0.4) is 0 Å². The number of fused-ring (bicyclic) bond motifs is 1. The van der Waals surface area contributed by atoms with Gasteiger partial charge in [-0.15, -0.1) is 0 Å². The fraction of sp³-hybridized carbons (Fsp3) is 0.280. The average molecular weight is 372 g/mol. The van der Waals surface area contributed by atoms with Gasteiger partial charge in [-0.3, -0.25) is 9.80 Å². The Labute approximate surface area is 166 Å². The second kappa shape index (κ2) is 7.50. The molecule has 2 aliphatic rings. The maximum absolute atomic E-state index is 14.2. The van der Waals surface area contributed by atoms with Crippen LogP contribution in [0.1, 0.15) is 28.3 Å². The van der Waals surface area contributed by atoms with Gasteiger partial charge < -0.3 is 0 Å². The molecule has 142 valence electrons. The van der Waals surface area contributed by atoms with Crippen LogP contribution in [0, 0.1) is 5.82 Å². The molecule has 0 aromatic heterocycles. The number of hydrogen-bond acceptors (Lipinski definition) is 2. The van der Waals surface area contributed by atoms with Gasteiger partial charge in [0.05, 0.1) is 6.04 Å². The summed E-state index contributed by atoms with van der Waals surface area (Å²) >= 11 is 0. The van der Waals surface area contributed by atoms with Gasteiger partial charge >= 0.3 is 0 Å². The molecule has 2 heterocycles. The van der Waals surface area contributed by atoms with Crippen LogP contribution in [0.2, 0.25) is 0 Å². The van der Waals surface area contributed by atoms with E-state index < -0.39 is 0 Å². The molecule has 0 atom stereocenters.